The molecule has 1 fully saturated rings. The Labute approximate surface area is 136 Å². The van der Waals surface area contributed by atoms with Crippen LogP contribution in [0.15, 0.2) is 30.4 Å². The number of amides is 1. The lowest BCUT2D eigenvalue weighted by Crippen LogP contribution is -2.52. The van der Waals surface area contributed by atoms with Crippen LogP contribution in [-0.2, 0) is 11.2 Å². The molecule has 1 unspecified atom stereocenters. The summed E-state index contributed by atoms with van der Waals surface area (Å²) in [4.78, 5) is 16.9. The van der Waals surface area contributed by atoms with Gasteiger partial charge in [0.25, 0.3) is 5.91 Å². The Morgan fingerprint density at radius 2 is 2.09 bits per heavy atom. The maximum atomic E-state index is 12.6. The van der Waals surface area contributed by atoms with Crippen molar-refractivity contribution in [3.8, 4) is 5.75 Å². The van der Waals surface area contributed by atoms with Crippen LogP contribution in [0, 0.1) is 0 Å². The van der Waals surface area contributed by atoms with E-state index < -0.39 is 6.10 Å². The Hall–Kier alpha value is -1.52. The fourth-order valence-electron chi connectivity index (χ4n) is 3.07. The topological polar surface area (TPSA) is 32.8 Å². The minimum absolute atomic E-state index is 0.0855. The number of benzene rings is 1. The van der Waals surface area contributed by atoms with E-state index in [0.717, 1.165) is 49.6 Å². The molecule has 1 saturated heterocycles. The van der Waals surface area contributed by atoms with Gasteiger partial charge in [0.1, 0.15) is 5.75 Å². The van der Waals surface area contributed by atoms with Crippen LogP contribution in [0.3, 0.4) is 0 Å². The Bertz CT molecular complexity index is 594. The second kappa shape index (κ2) is 6.31. The van der Waals surface area contributed by atoms with Gasteiger partial charge in [-0.2, -0.15) is 0 Å². The molecule has 1 atom stereocenters. The molecule has 0 spiro atoms. The van der Waals surface area contributed by atoms with Gasteiger partial charge < -0.3 is 9.64 Å². The summed E-state index contributed by atoms with van der Waals surface area (Å²) in [6, 6.07) is 5.52. The Morgan fingerprint density at radius 3 is 2.77 bits per heavy atom. The number of fused-ring (bicyclic) bond motifs is 1. The van der Waals surface area contributed by atoms with Gasteiger partial charge in [0.2, 0.25) is 0 Å². The highest BCUT2D eigenvalue weighted by Gasteiger charge is 2.33. The third-order valence-corrected chi connectivity index (χ3v) is 4.39. The molecule has 1 aromatic rings. The van der Waals surface area contributed by atoms with Crippen LogP contribution >= 0.6 is 11.6 Å². The molecule has 1 amide bonds. The summed E-state index contributed by atoms with van der Waals surface area (Å²) in [6.07, 6.45) is 0.210. The van der Waals surface area contributed by atoms with Crippen LogP contribution in [0.25, 0.3) is 0 Å². The third-order valence-electron chi connectivity index (χ3n) is 4.15. The average molecular weight is 321 g/mol. The molecule has 0 aromatic heterocycles. The molecule has 0 aliphatic carbocycles. The maximum absolute atomic E-state index is 12.6. The Kier molecular flexibility index (Phi) is 4.41. The smallest absolute Gasteiger partial charge is 0.264 e. The van der Waals surface area contributed by atoms with Crippen molar-refractivity contribution in [2.24, 2.45) is 0 Å². The molecule has 1 aromatic carbocycles. The molecule has 2 aliphatic heterocycles. The summed E-state index contributed by atoms with van der Waals surface area (Å²) in [5.41, 5.74) is 2.18. The number of ether oxygens (including phenoxy) is 1. The van der Waals surface area contributed by atoms with Crippen LogP contribution < -0.4 is 4.74 Å². The predicted molar refractivity (Wildman–Crippen MR) is 87.4 cm³/mol. The standard InChI is InChI=1S/C17H21ClN2O2/c1-12(2)11-19-5-7-20(8-6-19)17(21)16-10-13-9-14(18)3-4-15(13)22-16/h3-4,9,16H,1,5-8,10-11H2,2H3. The number of piperazine rings is 1. The summed E-state index contributed by atoms with van der Waals surface area (Å²) < 4.78 is 5.79. The van der Waals surface area contributed by atoms with E-state index >= 15 is 0 Å². The van der Waals surface area contributed by atoms with Crippen molar-refractivity contribution < 1.29 is 9.53 Å². The van der Waals surface area contributed by atoms with E-state index in [0.29, 0.717) is 11.4 Å². The van der Waals surface area contributed by atoms with Crippen LogP contribution in [0.2, 0.25) is 5.02 Å². The fourth-order valence-corrected chi connectivity index (χ4v) is 3.26. The molecule has 0 bridgehead atoms. The van der Waals surface area contributed by atoms with Crippen LogP contribution in [0.1, 0.15) is 12.5 Å². The van der Waals surface area contributed by atoms with Crippen molar-refractivity contribution in [2.45, 2.75) is 19.4 Å². The van der Waals surface area contributed by atoms with Crippen molar-refractivity contribution in [2.75, 3.05) is 32.7 Å². The first-order valence-corrected chi connectivity index (χ1v) is 8.01. The molecular formula is C17H21ClN2O2. The van der Waals surface area contributed by atoms with E-state index in [1.165, 1.54) is 0 Å². The van der Waals surface area contributed by atoms with Gasteiger partial charge in [-0.15, -0.1) is 0 Å². The molecule has 0 saturated carbocycles. The zero-order valence-corrected chi connectivity index (χ0v) is 13.6. The zero-order valence-electron chi connectivity index (χ0n) is 12.8. The number of hydrogen-bond acceptors (Lipinski definition) is 3. The number of nitrogens with zero attached hydrogens (tertiary/aromatic N) is 2. The van der Waals surface area contributed by atoms with Gasteiger partial charge in [0.15, 0.2) is 6.10 Å². The lowest BCUT2D eigenvalue weighted by atomic mass is 10.1. The van der Waals surface area contributed by atoms with Gasteiger partial charge >= 0.3 is 0 Å². The largest absolute Gasteiger partial charge is 0.480 e. The summed E-state index contributed by atoms with van der Waals surface area (Å²) in [6.45, 7) is 10.2. The number of carbonyl (C=O) groups is 1. The normalized spacial score (nSPS) is 21.4. The van der Waals surface area contributed by atoms with Gasteiger partial charge in [-0.1, -0.05) is 23.8 Å². The molecule has 0 N–H and O–H groups in total. The van der Waals surface area contributed by atoms with Gasteiger partial charge in [0, 0.05) is 44.2 Å². The van der Waals surface area contributed by atoms with E-state index in [4.69, 9.17) is 16.3 Å². The average Bonchev–Trinajstić information content (AvgIpc) is 2.89. The van der Waals surface area contributed by atoms with E-state index in [-0.39, 0.29) is 5.91 Å². The summed E-state index contributed by atoms with van der Waals surface area (Å²) >= 11 is 5.99. The molecule has 0 radical (unpaired) electrons. The van der Waals surface area contributed by atoms with Crippen LogP contribution in [0.5, 0.6) is 5.75 Å². The van der Waals surface area contributed by atoms with E-state index in [2.05, 4.69) is 11.5 Å². The second-order valence-electron chi connectivity index (χ2n) is 6.12. The van der Waals surface area contributed by atoms with Crippen molar-refractivity contribution in [1.82, 2.24) is 9.80 Å². The minimum Gasteiger partial charge on any atom is -0.480 e. The lowest BCUT2D eigenvalue weighted by molar-refractivity contribution is -0.139. The van der Waals surface area contributed by atoms with Crippen LogP contribution in [0.4, 0.5) is 0 Å². The highest BCUT2D eigenvalue weighted by molar-refractivity contribution is 6.30. The van der Waals surface area contributed by atoms with Gasteiger partial charge in [0.05, 0.1) is 0 Å². The van der Waals surface area contributed by atoms with Gasteiger partial charge in [-0.3, -0.25) is 9.69 Å². The first-order chi connectivity index (χ1) is 10.5. The van der Waals surface area contributed by atoms with Crippen LogP contribution in [-0.4, -0.2) is 54.5 Å². The minimum atomic E-state index is -0.402. The Morgan fingerprint density at radius 1 is 1.36 bits per heavy atom. The lowest BCUT2D eigenvalue weighted by Gasteiger charge is -2.35. The van der Waals surface area contributed by atoms with Gasteiger partial charge in [-0.05, 0) is 30.7 Å². The summed E-state index contributed by atoms with van der Waals surface area (Å²) in [5.74, 6) is 0.867. The van der Waals surface area contributed by atoms with Crippen molar-refractivity contribution in [3.05, 3.63) is 40.9 Å². The highest BCUT2D eigenvalue weighted by Crippen LogP contribution is 2.31. The molecule has 4 nitrogen and oxygen atoms in total. The monoisotopic (exact) mass is 320 g/mol. The highest BCUT2D eigenvalue weighted by atomic mass is 35.5. The fraction of sp³-hybridized carbons (Fsp3) is 0.471. The molecular weight excluding hydrogens is 300 g/mol. The Balaban J connectivity index is 1.57. The molecule has 22 heavy (non-hydrogen) atoms. The van der Waals surface area contributed by atoms with E-state index in [1.807, 2.05) is 24.0 Å². The molecule has 2 heterocycles. The zero-order chi connectivity index (χ0) is 15.7. The number of hydrogen-bond donors (Lipinski definition) is 0. The van der Waals surface area contributed by atoms with E-state index in [9.17, 15) is 4.79 Å². The van der Waals surface area contributed by atoms with Crippen molar-refractivity contribution in [3.63, 3.8) is 0 Å². The number of rotatable bonds is 3. The quantitative estimate of drug-likeness (QED) is 0.802. The molecule has 3 rings (SSSR count). The van der Waals surface area contributed by atoms with Crippen molar-refractivity contribution in [1.29, 1.82) is 0 Å². The molecule has 2 aliphatic rings. The van der Waals surface area contributed by atoms with Gasteiger partial charge in [-0.25, -0.2) is 0 Å². The predicted octanol–water partition coefficient (Wildman–Crippen LogP) is 2.36. The molecule has 5 heteroatoms. The third kappa shape index (κ3) is 3.28. The molecule has 118 valence electrons. The number of carbonyl (C=O) groups excluding carboxylic acids is 1. The maximum Gasteiger partial charge on any atom is 0.264 e. The van der Waals surface area contributed by atoms with Crippen molar-refractivity contribution >= 4 is 17.5 Å². The SMILES string of the molecule is C=C(C)CN1CCN(C(=O)C2Cc3cc(Cl)ccc3O2)CC1. The summed E-state index contributed by atoms with van der Waals surface area (Å²) in [7, 11) is 0. The summed E-state index contributed by atoms with van der Waals surface area (Å²) in [5, 5.41) is 0.684. The first-order valence-electron chi connectivity index (χ1n) is 7.63. The van der Waals surface area contributed by atoms with E-state index in [1.54, 1.807) is 6.07 Å². The second-order valence-corrected chi connectivity index (χ2v) is 6.56. The number of halogens is 1. The first kappa shape index (κ1) is 15.4.